The van der Waals surface area contributed by atoms with E-state index in [2.05, 4.69) is 32.0 Å². The molecule has 6 heteroatoms. The summed E-state index contributed by atoms with van der Waals surface area (Å²) in [5.41, 5.74) is 1.16. The maximum absolute atomic E-state index is 11.6. The van der Waals surface area contributed by atoms with Gasteiger partial charge in [-0.25, -0.2) is 9.97 Å². The Morgan fingerprint density at radius 2 is 1.76 bits per heavy atom. The van der Waals surface area contributed by atoms with Crippen LogP contribution in [0.5, 0.6) is 0 Å². The number of nitrogens with zero attached hydrogens (tertiary/aromatic N) is 4. The van der Waals surface area contributed by atoms with E-state index in [4.69, 9.17) is 0 Å². The number of nitrogens with one attached hydrogen (secondary N) is 1. The van der Waals surface area contributed by atoms with E-state index in [0.717, 1.165) is 50.5 Å². The number of amides is 1. The quantitative estimate of drug-likeness (QED) is 0.816. The molecule has 1 fully saturated rings. The molecule has 0 saturated carbocycles. The Labute approximate surface area is 126 Å². The van der Waals surface area contributed by atoms with Crippen LogP contribution in [0.3, 0.4) is 0 Å². The average Bonchev–Trinajstić information content (AvgIpc) is 2.50. The van der Waals surface area contributed by atoms with E-state index < -0.39 is 0 Å². The predicted octanol–water partition coefficient (Wildman–Crippen LogP) is 0.293. The molecule has 0 unspecified atom stereocenters. The number of likely N-dealkylation sites (N-methyl/N-ethyl adjacent to an activating group) is 1. The van der Waals surface area contributed by atoms with Crippen molar-refractivity contribution in [3.63, 3.8) is 0 Å². The molecule has 21 heavy (non-hydrogen) atoms. The first-order valence-corrected chi connectivity index (χ1v) is 7.72. The van der Waals surface area contributed by atoms with Crippen molar-refractivity contribution in [1.29, 1.82) is 0 Å². The topological polar surface area (TPSA) is 61.4 Å². The third-order valence-electron chi connectivity index (χ3n) is 3.69. The van der Waals surface area contributed by atoms with Gasteiger partial charge in [0.1, 0.15) is 5.82 Å². The zero-order valence-electron chi connectivity index (χ0n) is 13.0. The molecule has 0 aromatic carbocycles. The van der Waals surface area contributed by atoms with Crippen molar-refractivity contribution < 1.29 is 4.79 Å². The molecule has 0 bridgehead atoms. The molecule has 116 valence electrons. The summed E-state index contributed by atoms with van der Waals surface area (Å²) in [5, 5.41) is 2.84. The Bertz CT molecular complexity index is 440. The summed E-state index contributed by atoms with van der Waals surface area (Å²) < 4.78 is 0. The fraction of sp³-hybridized carbons (Fsp3) is 0.667. The molecule has 1 aliphatic heterocycles. The molecule has 1 saturated heterocycles. The van der Waals surface area contributed by atoms with E-state index in [1.165, 1.54) is 0 Å². The van der Waals surface area contributed by atoms with E-state index in [1.54, 1.807) is 0 Å². The minimum Gasteiger partial charge on any atom is -0.355 e. The summed E-state index contributed by atoms with van der Waals surface area (Å²) in [6, 6.07) is 0. The van der Waals surface area contributed by atoms with E-state index in [-0.39, 0.29) is 5.91 Å². The number of aromatic nitrogens is 2. The van der Waals surface area contributed by atoms with E-state index >= 15 is 0 Å². The highest BCUT2D eigenvalue weighted by Gasteiger charge is 2.18. The first kappa shape index (κ1) is 15.9. The van der Waals surface area contributed by atoms with Gasteiger partial charge in [0.2, 0.25) is 5.91 Å². The number of piperazine rings is 1. The van der Waals surface area contributed by atoms with Gasteiger partial charge in [-0.1, -0.05) is 6.92 Å². The van der Waals surface area contributed by atoms with Gasteiger partial charge in [0, 0.05) is 63.6 Å². The van der Waals surface area contributed by atoms with Crippen LogP contribution in [0.1, 0.15) is 25.2 Å². The van der Waals surface area contributed by atoms with E-state index in [1.807, 2.05) is 19.3 Å². The highest BCUT2D eigenvalue weighted by Crippen LogP contribution is 2.07. The Hall–Kier alpha value is -1.53. The van der Waals surface area contributed by atoms with Gasteiger partial charge >= 0.3 is 0 Å². The van der Waals surface area contributed by atoms with Crippen molar-refractivity contribution in [3.8, 4) is 0 Å². The highest BCUT2D eigenvalue weighted by atomic mass is 16.2. The number of hydrogen-bond donors (Lipinski definition) is 1. The number of aryl methyl sites for hydroxylation is 1. The number of carbonyl (C=O) groups is 1. The molecule has 0 radical (unpaired) electrons. The number of carbonyl (C=O) groups excluding carboxylic acids is 1. The van der Waals surface area contributed by atoms with Crippen LogP contribution in [-0.2, 0) is 17.8 Å². The molecule has 2 rings (SSSR count). The van der Waals surface area contributed by atoms with Crippen LogP contribution >= 0.6 is 0 Å². The molecular formula is C15H25N5O. The minimum absolute atomic E-state index is 0.120. The highest BCUT2D eigenvalue weighted by molar-refractivity contribution is 5.77. The normalized spacial score (nSPS) is 16.9. The summed E-state index contributed by atoms with van der Waals surface area (Å²) in [5.74, 6) is 1.01. The summed E-state index contributed by atoms with van der Waals surface area (Å²) in [6.45, 7) is 9.94. The van der Waals surface area contributed by atoms with Crippen LogP contribution in [0.15, 0.2) is 12.4 Å². The molecule has 1 aliphatic rings. The molecule has 1 N–H and O–H groups in total. The van der Waals surface area contributed by atoms with Gasteiger partial charge in [-0.2, -0.15) is 0 Å². The molecule has 0 spiro atoms. The standard InChI is InChI=1S/C15H25N5O/c1-3-14-17-9-13(10-18-14)11-19-5-7-20(8-6-19)12-15(21)16-4-2/h9-10H,3-8,11-12H2,1-2H3,(H,16,21). The van der Waals surface area contributed by atoms with E-state index in [9.17, 15) is 4.79 Å². The Morgan fingerprint density at radius 3 is 2.33 bits per heavy atom. The van der Waals surface area contributed by atoms with Gasteiger partial charge in [0.05, 0.1) is 6.54 Å². The summed E-state index contributed by atoms with van der Waals surface area (Å²) in [7, 11) is 0. The monoisotopic (exact) mass is 291 g/mol. The number of hydrogen-bond acceptors (Lipinski definition) is 5. The van der Waals surface area contributed by atoms with Gasteiger partial charge in [-0.3, -0.25) is 14.6 Å². The fourth-order valence-electron chi connectivity index (χ4n) is 2.47. The average molecular weight is 291 g/mol. The zero-order chi connectivity index (χ0) is 15.1. The van der Waals surface area contributed by atoms with Crippen LogP contribution in [0.4, 0.5) is 0 Å². The Kier molecular flexibility index (Phi) is 6.07. The predicted molar refractivity (Wildman–Crippen MR) is 81.8 cm³/mol. The van der Waals surface area contributed by atoms with Crippen LogP contribution in [0.2, 0.25) is 0 Å². The molecular weight excluding hydrogens is 266 g/mol. The summed E-state index contributed by atoms with van der Waals surface area (Å²) in [6.07, 6.45) is 4.72. The Morgan fingerprint density at radius 1 is 1.14 bits per heavy atom. The van der Waals surface area contributed by atoms with Crippen molar-refractivity contribution in [1.82, 2.24) is 25.1 Å². The third-order valence-corrected chi connectivity index (χ3v) is 3.69. The molecule has 1 aromatic heterocycles. The van der Waals surface area contributed by atoms with Crippen molar-refractivity contribution in [2.45, 2.75) is 26.8 Å². The van der Waals surface area contributed by atoms with Gasteiger partial charge in [-0.15, -0.1) is 0 Å². The Balaban J connectivity index is 1.74. The molecule has 1 amide bonds. The first-order chi connectivity index (χ1) is 10.2. The second kappa shape index (κ2) is 8.05. The zero-order valence-corrected chi connectivity index (χ0v) is 13.0. The molecule has 6 nitrogen and oxygen atoms in total. The maximum atomic E-state index is 11.6. The lowest BCUT2D eigenvalue weighted by Gasteiger charge is -2.34. The third kappa shape index (κ3) is 5.06. The van der Waals surface area contributed by atoms with Crippen LogP contribution in [-0.4, -0.2) is 64.9 Å². The fourth-order valence-corrected chi connectivity index (χ4v) is 2.47. The van der Waals surface area contributed by atoms with Crippen molar-refractivity contribution in [2.24, 2.45) is 0 Å². The largest absolute Gasteiger partial charge is 0.355 e. The SMILES string of the molecule is CCNC(=O)CN1CCN(Cc2cnc(CC)nc2)CC1. The first-order valence-electron chi connectivity index (χ1n) is 7.72. The molecule has 1 aromatic rings. The smallest absolute Gasteiger partial charge is 0.234 e. The van der Waals surface area contributed by atoms with Crippen LogP contribution in [0.25, 0.3) is 0 Å². The van der Waals surface area contributed by atoms with Gasteiger partial charge in [0.25, 0.3) is 0 Å². The van der Waals surface area contributed by atoms with E-state index in [0.29, 0.717) is 13.1 Å². The molecule has 0 aliphatic carbocycles. The second-order valence-corrected chi connectivity index (χ2v) is 5.37. The van der Waals surface area contributed by atoms with Gasteiger partial charge < -0.3 is 5.32 Å². The molecule has 2 heterocycles. The lowest BCUT2D eigenvalue weighted by Crippen LogP contribution is -2.49. The summed E-state index contributed by atoms with van der Waals surface area (Å²) in [4.78, 5) is 24.8. The molecule has 0 atom stereocenters. The van der Waals surface area contributed by atoms with Crippen LogP contribution < -0.4 is 5.32 Å². The second-order valence-electron chi connectivity index (χ2n) is 5.37. The van der Waals surface area contributed by atoms with Gasteiger partial charge in [-0.05, 0) is 6.92 Å². The lowest BCUT2D eigenvalue weighted by atomic mass is 10.2. The van der Waals surface area contributed by atoms with Crippen molar-refractivity contribution >= 4 is 5.91 Å². The van der Waals surface area contributed by atoms with Crippen molar-refractivity contribution in [3.05, 3.63) is 23.8 Å². The van der Waals surface area contributed by atoms with Crippen LogP contribution in [0, 0.1) is 0 Å². The number of rotatable bonds is 6. The van der Waals surface area contributed by atoms with Gasteiger partial charge in [0.15, 0.2) is 0 Å². The summed E-state index contributed by atoms with van der Waals surface area (Å²) >= 11 is 0. The lowest BCUT2D eigenvalue weighted by molar-refractivity contribution is -0.122. The van der Waals surface area contributed by atoms with Crippen molar-refractivity contribution in [2.75, 3.05) is 39.3 Å². The maximum Gasteiger partial charge on any atom is 0.234 e. The minimum atomic E-state index is 0.120.